The molecule has 3 aromatic rings. The molecular weight excluding hydrogens is 343 g/mol. The van der Waals surface area contributed by atoms with Gasteiger partial charge in [0.1, 0.15) is 18.2 Å². The van der Waals surface area contributed by atoms with Gasteiger partial charge in [0.05, 0.1) is 12.1 Å². The molecule has 27 heavy (non-hydrogen) atoms. The van der Waals surface area contributed by atoms with Crippen molar-refractivity contribution in [2.75, 3.05) is 11.5 Å². The summed E-state index contributed by atoms with van der Waals surface area (Å²) in [6.07, 6.45) is 5.24. The van der Waals surface area contributed by atoms with Gasteiger partial charge in [-0.3, -0.25) is 9.78 Å². The number of carbonyl (C=O) groups excluding carboxylic acids is 1. The number of rotatable bonds is 4. The van der Waals surface area contributed by atoms with Crippen molar-refractivity contribution < 1.29 is 13.9 Å². The van der Waals surface area contributed by atoms with Gasteiger partial charge < -0.3 is 9.64 Å². The van der Waals surface area contributed by atoms with E-state index in [4.69, 9.17) is 4.74 Å². The van der Waals surface area contributed by atoms with E-state index in [1.807, 2.05) is 42.5 Å². The van der Waals surface area contributed by atoms with Crippen molar-refractivity contribution in [2.45, 2.75) is 6.54 Å². The quantitative estimate of drug-likeness (QED) is 0.699. The van der Waals surface area contributed by atoms with Crippen LogP contribution in [0.2, 0.25) is 0 Å². The molecule has 4 rings (SSSR count). The zero-order valence-electron chi connectivity index (χ0n) is 14.5. The topological polar surface area (TPSA) is 42.4 Å². The first kappa shape index (κ1) is 17.0. The van der Waals surface area contributed by atoms with Crippen molar-refractivity contribution >= 4 is 17.7 Å². The number of hydrogen-bond acceptors (Lipinski definition) is 3. The average molecular weight is 360 g/mol. The maximum Gasteiger partial charge on any atom is 0.257 e. The number of carbonyl (C=O) groups is 1. The standard InChI is InChI=1S/C22H17FN2O2/c23-19-7-9-20(10-8-19)25(14-16-4-3-11-24-13-16)22(26)18-12-17-5-1-2-6-21(17)27-15-18/h1-13H,14-15H2. The van der Waals surface area contributed by atoms with Crippen LogP contribution in [0.5, 0.6) is 5.75 Å². The number of pyridine rings is 1. The Balaban J connectivity index is 1.69. The highest BCUT2D eigenvalue weighted by molar-refractivity contribution is 6.09. The smallest absolute Gasteiger partial charge is 0.257 e. The van der Waals surface area contributed by atoms with Gasteiger partial charge in [-0.25, -0.2) is 4.39 Å². The van der Waals surface area contributed by atoms with E-state index in [1.165, 1.54) is 12.1 Å². The summed E-state index contributed by atoms with van der Waals surface area (Å²) in [7, 11) is 0. The summed E-state index contributed by atoms with van der Waals surface area (Å²) in [6.45, 7) is 0.526. The number of para-hydroxylation sites is 1. The predicted octanol–water partition coefficient (Wildman–Crippen LogP) is 4.23. The first-order chi connectivity index (χ1) is 13.2. The Kier molecular flexibility index (Phi) is 4.66. The largest absolute Gasteiger partial charge is 0.488 e. The van der Waals surface area contributed by atoms with Crippen LogP contribution in [0.3, 0.4) is 0 Å². The zero-order chi connectivity index (χ0) is 18.6. The Labute approximate surface area is 156 Å². The number of anilines is 1. The SMILES string of the molecule is O=C(C1=Cc2ccccc2OC1)N(Cc1cccnc1)c1ccc(F)cc1. The fraction of sp³-hybridized carbons (Fsp3) is 0.0909. The van der Waals surface area contributed by atoms with Crippen molar-refractivity contribution in [1.29, 1.82) is 0 Å². The summed E-state index contributed by atoms with van der Waals surface area (Å²) in [5, 5.41) is 0. The minimum atomic E-state index is -0.346. The Morgan fingerprint density at radius 1 is 1.07 bits per heavy atom. The first-order valence-electron chi connectivity index (χ1n) is 8.59. The summed E-state index contributed by atoms with van der Waals surface area (Å²) in [6, 6.07) is 17.2. The van der Waals surface area contributed by atoms with Gasteiger partial charge in [0.15, 0.2) is 0 Å². The van der Waals surface area contributed by atoms with Crippen LogP contribution in [0.15, 0.2) is 78.6 Å². The van der Waals surface area contributed by atoms with E-state index in [0.717, 1.165) is 16.9 Å². The highest BCUT2D eigenvalue weighted by atomic mass is 19.1. The molecule has 1 aliphatic heterocycles. The molecule has 1 aliphatic rings. The number of amides is 1. The van der Waals surface area contributed by atoms with E-state index in [0.29, 0.717) is 17.8 Å². The molecule has 0 saturated heterocycles. The molecule has 1 amide bonds. The molecule has 0 radical (unpaired) electrons. The van der Waals surface area contributed by atoms with Crippen LogP contribution in [-0.4, -0.2) is 17.5 Å². The van der Waals surface area contributed by atoms with E-state index in [-0.39, 0.29) is 18.3 Å². The minimum absolute atomic E-state index is 0.181. The van der Waals surface area contributed by atoms with Gasteiger partial charge in [-0.05, 0) is 48.0 Å². The molecule has 2 heterocycles. The van der Waals surface area contributed by atoms with Crippen molar-refractivity contribution in [3.05, 3.63) is 95.6 Å². The number of fused-ring (bicyclic) bond motifs is 1. The van der Waals surface area contributed by atoms with Crippen molar-refractivity contribution in [2.24, 2.45) is 0 Å². The summed E-state index contributed by atoms with van der Waals surface area (Å²) in [4.78, 5) is 19.0. The monoisotopic (exact) mass is 360 g/mol. The van der Waals surface area contributed by atoms with Crippen molar-refractivity contribution in [3.63, 3.8) is 0 Å². The predicted molar refractivity (Wildman–Crippen MR) is 102 cm³/mol. The second kappa shape index (κ2) is 7.41. The molecule has 0 spiro atoms. The number of nitrogens with zero attached hydrogens (tertiary/aromatic N) is 2. The van der Waals surface area contributed by atoms with Crippen LogP contribution in [0.1, 0.15) is 11.1 Å². The Hall–Kier alpha value is -3.47. The summed E-state index contributed by atoms with van der Waals surface area (Å²) in [5.41, 5.74) is 2.91. The normalized spacial score (nSPS) is 12.6. The van der Waals surface area contributed by atoms with Crippen molar-refractivity contribution in [3.8, 4) is 5.75 Å². The van der Waals surface area contributed by atoms with Crippen LogP contribution in [0.4, 0.5) is 10.1 Å². The third-order valence-corrected chi connectivity index (χ3v) is 4.35. The molecule has 2 aromatic carbocycles. The van der Waals surface area contributed by atoms with Gasteiger partial charge >= 0.3 is 0 Å². The van der Waals surface area contributed by atoms with Gasteiger partial charge in [-0.1, -0.05) is 24.3 Å². The number of ether oxygens (including phenoxy) is 1. The van der Waals surface area contributed by atoms with Crippen LogP contribution in [0.25, 0.3) is 6.08 Å². The molecule has 1 aromatic heterocycles. The van der Waals surface area contributed by atoms with Crippen LogP contribution < -0.4 is 9.64 Å². The lowest BCUT2D eigenvalue weighted by atomic mass is 10.1. The van der Waals surface area contributed by atoms with Gasteiger partial charge in [0, 0.05) is 23.6 Å². The summed E-state index contributed by atoms with van der Waals surface area (Å²) >= 11 is 0. The summed E-state index contributed by atoms with van der Waals surface area (Å²) < 4.78 is 19.1. The maximum atomic E-state index is 13.4. The van der Waals surface area contributed by atoms with E-state index in [2.05, 4.69) is 4.98 Å². The Morgan fingerprint density at radius 2 is 1.89 bits per heavy atom. The van der Waals surface area contributed by atoms with Crippen LogP contribution in [-0.2, 0) is 11.3 Å². The van der Waals surface area contributed by atoms with Crippen LogP contribution >= 0.6 is 0 Å². The molecule has 4 nitrogen and oxygen atoms in total. The molecule has 134 valence electrons. The average Bonchev–Trinajstić information content (AvgIpc) is 2.73. The molecule has 0 saturated carbocycles. The van der Waals surface area contributed by atoms with Crippen molar-refractivity contribution in [1.82, 2.24) is 4.98 Å². The highest BCUT2D eigenvalue weighted by Gasteiger charge is 2.24. The lowest BCUT2D eigenvalue weighted by Crippen LogP contribution is -2.34. The van der Waals surface area contributed by atoms with Gasteiger partial charge in [-0.2, -0.15) is 0 Å². The lowest BCUT2D eigenvalue weighted by Gasteiger charge is -2.26. The number of aromatic nitrogens is 1. The third kappa shape index (κ3) is 3.72. The van der Waals surface area contributed by atoms with Crippen LogP contribution in [0, 0.1) is 5.82 Å². The molecule has 0 bridgehead atoms. The minimum Gasteiger partial charge on any atom is -0.488 e. The Morgan fingerprint density at radius 3 is 2.67 bits per heavy atom. The van der Waals surface area contributed by atoms with E-state index in [9.17, 15) is 9.18 Å². The molecule has 0 unspecified atom stereocenters. The first-order valence-corrected chi connectivity index (χ1v) is 8.59. The van der Waals surface area contributed by atoms with E-state index >= 15 is 0 Å². The Bertz CT molecular complexity index is 985. The fourth-order valence-electron chi connectivity index (χ4n) is 2.99. The van der Waals surface area contributed by atoms with E-state index < -0.39 is 0 Å². The fourth-order valence-corrected chi connectivity index (χ4v) is 2.99. The second-order valence-electron chi connectivity index (χ2n) is 6.23. The van der Waals surface area contributed by atoms with Gasteiger partial charge in [0.25, 0.3) is 5.91 Å². The maximum absolute atomic E-state index is 13.4. The molecule has 0 N–H and O–H groups in total. The lowest BCUT2D eigenvalue weighted by molar-refractivity contribution is -0.115. The zero-order valence-corrected chi connectivity index (χ0v) is 14.5. The number of benzene rings is 2. The molecule has 0 fully saturated rings. The molecular formula is C22H17FN2O2. The number of halogens is 1. The molecule has 0 aliphatic carbocycles. The third-order valence-electron chi connectivity index (χ3n) is 4.35. The molecule has 5 heteroatoms. The number of hydrogen-bond donors (Lipinski definition) is 0. The van der Waals surface area contributed by atoms with Gasteiger partial charge in [0.2, 0.25) is 0 Å². The summed E-state index contributed by atoms with van der Waals surface area (Å²) in [5.74, 6) is 0.233. The highest BCUT2D eigenvalue weighted by Crippen LogP contribution is 2.28. The molecule has 0 atom stereocenters. The van der Waals surface area contributed by atoms with Gasteiger partial charge in [-0.15, -0.1) is 0 Å². The second-order valence-corrected chi connectivity index (χ2v) is 6.23. The van der Waals surface area contributed by atoms with E-state index in [1.54, 1.807) is 29.4 Å².